The highest BCUT2D eigenvalue weighted by Gasteiger charge is 2.04. The van der Waals surface area contributed by atoms with E-state index < -0.39 is 0 Å². The third-order valence-electron chi connectivity index (χ3n) is 3.77. The molecule has 1 aromatic rings. The first-order chi connectivity index (χ1) is 8.84. The minimum absolute atomic E-state index is 0. The molecule has 1 rings (SSSR count). The van der Waals surface area contributed by atoms with E-state index in [2.05, 4.69) is 31.0 Å². The molecule has 0 bridgehead atoms. The van der Waals surface area contributed by atoms with Gasteiger partial charge in [0.1, 0.15) is 0 Å². The lowest BCUT2D eigenvalue weighted by Gasteiger charge is -2.11. The molecule has 0 fully saturated rings. The van der Waals surface area contributed by atoms with Crippen LogP contribution < -0.4 is 0 Å². The van der Waals surface area contributed by atoms with E-state index >= 15 is 0 Å². The Morgan fingerprint density at radius 3 is 2.00 bits per heavy atom. The lowest BCUT2D eigenvalue weighted by molar-refractivity contribution is 0.543. The number of halogens is 1. The molecule has 0 N–H and O–H groups in total. The molecule has 0 aromatic carbocycles. The van der Waals surface area contributed by atoms with Gasteiger partial charge in [-0.3, -0.25) is 4.98 Å². The lowest BCUT2D eigenvalue weighted by atomic mass is 9.95. The molecular formula is C17H30ClN. The maximum atomic E-state index is 4.07. The van der Waals surface area contributed by atoms with Crippen molar-refractivity contribution in [3.63, 3.8) is 0 Å². The summed E-state index contributed by atoms with van der Waals surface area (Å²) in [6.07, 6.45) is 16.4. The Bertz CT molecular complexity index is 287. The van der Waals surface area contributed by atoms with Crippen LogP contribution in [0.4, 0.5) is 0 Å². The largest absolute Gasteiger partial charge is 0.265 e. The summed E-state index contributed by atoms with van der Waals surface area (Å²) in [5.41, 5.74) is 1.44. The number of pyridine rings is 1. The first-order valence-corrected chi connectivity index (χ1v) is 7.74. The molecule has 0 amide bonds. The Balaban J connectivity index is 0.00000324. The van der Waals surface area contributed by atoms with E-state index in [1.165, 1.54) is 63.4 Å². The quantitative estimate of drug-likeness (QED) is 0.470. The van der Waals surface area contributed by atoms with Crippen LogP contribution >= 0.6 is 12.4 Å². The van der Waals surface area contributed by atoms with Crippen LogP contribution in [0.25, 0.3) is 0 Å². The lowest BCUT2D eigenvalue weighted by Crippen LogP contribution is -1.93. The van der Waals surface area contributed by atoms with Crippen molar-refractivity contribution >= 4 is 12.4 Å². The summed E-state index contributed by atoms with van der Waals surface area (Å²) in [5, 5.41) is 0. The van der Waals surface area contributed by atoms with E-state index in [-0.39, 0.29) is 12.4 Å². The van der Waals surface area contributed by atoms with E-state index in [4.69, 9.17) is 0 Å². The van der Waals surface area contributed by atoms with Gasteiger partial charge in [-0.25, -0.2) is 0 Å². The van der Waals surface area contributed by atoms with E-state index in [0.717, 1.165) is 0 Å². The molecule has 19 heavy (non-hydrogen) atoms. The molecule has 1 aromatic heterocycles. The zero-order valence-electron chi connectivity index (χ0n) is 12.6. The van der Waals surface area contributed by atoms with Crippen LogP contribution in [0.5, 0.6) is 0 Å². The van der Waals surface area contributed by atoms with Crippen molar-refractivity contribution in [2.24, 2.45) is 0 Å². The van der Waals surface area contributed by atoms with Gasteiger partial charge in [0.15, 0.2) is 0 Å². The number of aromatic nitrogens is 1. The molecule has 110 valence electrons. The first-order valence-electron chi connectivity index (χ1n) is 7.74. The van der Waals surface area contributed by atoms with Gasteiger partial charge in [-0.1, -0.05) is 65.2 Å². The Morgan fingerprint density at radius 1 is 0.895 bits per heavy atom. The molecule has 2 heteroatoms. The number of hydrogen-bond acceptors (Lipinski definition) is 1. The Hall–Kier alpha value is -0.560. The first kappa shape index (κ1) is 18.4. The van der Waals surface area contributed by atoms with Gasteiger partial charge in [-0.15, -0.1) is 12.4 Å². The van der Waals surface area contributed by atoms with Gasteiger partial charge >= 0.3 is 0 Å². The third kappa shape index (κ3) is 9.04. The van der Waals surface area contributed by atoms with E-state index in [1.54, 1.807) is 0 Å². The fourth-order valence-corrected chi connectivity index (χ4v) is 2.44. The van der Waals surface area contributed by atoms with Crippen molar-refractivity contribution in [1.29, 1.82) is 0 Å². The van der Waals surface area contributed by atoms with Crippen LogP contribution in [0, 0.1) is 0 Å². The maximum Gasteiger partial charge on any atom is 0.0270 e. The minimum atomic E-state index is 0. The van der Waals surface area contributed by atoms with Crippen LogP contribution in [0.15, 0.2) is 24.5 Å². The van der Waals surface area contributed by atoms with Crippen molar-refractivity contribution in [3.05, 3.63) is 30.1 Å². The molecule has 0 aliphatic heterocycles. The SMILES string of the molecule is CCCCCCCCCCC(C)c1ccncc1.Cl. The highest BCUT2D eigenvalue weighted by molar-refractivity contribution is 5.85. The van der Waals surface area contributed by atoms with Gasteiger partial charge in [-0.2, -0.15) is 0 Å². The summed E-state index contributed by atoms with van der Waals surface area (Å²) >= 11 is 0. The molecule has 1 heterocycles. The second-order valence-electron chi connectivity index (χ2n) is 5.45. The second kappa shape index (κ2) is 12.5. The molecule has 0 radical (unpaired) electrons. The fourth-order valence-electron chi connectivity index (χ4n) is 2.44. The molecule has 0 saturated heterocycles. The highest BCUT2D eigenvalue weighted by Crippen LogP contribution is 2.21. The number of hydrogen-bond donors (Lipinski definition) is 0. The monoisotopic (exact) mass is 283 g/mol. The van der Waals surface area contributed by atoms with Crippen LogP contribution in [0.1, 0.15) is 83.1 Å². The summed E-state index contributed by atoms with van der Waals surface area (Å²) in [6, 6.07) is 4.30. The topological polar surface area (TPSA) is 12.9 Å². The van der Waals surface area contributed by atoms with Gasteiger partial charge in [0.05, 0.1) is 0 Å². The van der Waals surface area contributed by atoms with Crippen LogP contribution in [0.2, 0.25) is 0 Å². The maximum absolute atomic E-state index is 4.07. The predicted octanol–water partition coefficient (Wildman–Crippen LogP) is 6.14. The van der Waals surface area contributed by atoms with E-state index in [0.29, 0.717) is 5.92 Å². The Kier molecular flexibility index (Phi) is 12.1. The summed E-state index contributed by atoms with van der Waals surface area (Å²) in [7, 11) is 0. The number of rotatable bonds is 10. The van der Waals surface area contributed by atoms with Crippen molar-refractivity contribution in [2.75, 3.05) is 0 Å². The summed E-state index contributed by atoms with van der Waals surface area (Å²) in [6.45, 7) is 4.61. The normalized spacial score (nSPS) is 11.9. The molecular weight excluding hydrogens is 254 g/mol. The molecule has 1 atom stereocenters. The van der Waals surface area contributed by atoms with Gasteiger partial charge in [0.2, 0.25) is 0 Å². The molecule has 0 aliphatic carbocycles. The Morgan fingerprint density at radius 2 is 1.42 bits per heavy atom. The standard InChI is InChI=1S/C17H29N.ClH/c1-3-4-5-6-7-8-9-10-11-16(2)17-12-14-18-15-13-17;/h12-16H,3-11H2,1-2H3;1H. The summed E-state index contributed by atoms with van der Waals surface area (Å²) < 4.78 is 0. The van der Waals surface area contributed by atoms with E-state index in [1.807, 2.05) is 12.4 Å². The number of nitrogens with zero attached hydrogens (tertiary/aromatic N) is 1. The third-order valence-corrected chi connectivity index (χ3v) is 3.77. The van der Waals surface area contributed by atoms with E-state index in [9.17, 15) is 0 Å². The average Bonchev–Trinajstić information content (AvgIpc) is 2.42. The van der Waals surface area contributed by atoms with Gasteiger partial charge in [0.25, 0.3) is 0 Å². The molecule has 1 nitrogen and oxygen atoms in total. The average molecular weight is 284 g/mol. The zero-order valence-corrected chi connectivity index (χ0v) is 13.4. The van der Waals surface area contributed by atoms with Crippen LogP contribution in [-0.4, -0.2) is 4.98 Å². The van der Waals surface area contributed by atoms with Crippen molar-refractivity contribution in [3.8, 4) is 0 Å². The van der Waals surface area contributed by atoms with Crippen LogP contribution in [-0.2, 0) is 0 Å². The smallest absolute Gasteiger partial charge is 0.0270 e. The molecule has 0 aliphatic rings. The fraction of sp³-hybridized carbons (Fsp3) is 0.706. The van der Waals surface area contributed by atoms with Gasteiger partial charge in [0, 0.05) is 12.4 Å². The van der Waals surface area contributed by atoms with Gasteiger partial charge < -0.3 is 0 Å². The zero-order chi connectivity index (χ0) is 13.1. The molecule has 0 spiro atoms. The Labute approximate surface area is 125 Å². The van der Waals surface area contributed by atoms with Gasteiger partial charge in [-0.05, 0) is 30.0 Å². The van der Waals surface area contributed by atoms with Crippen LogP contribution in [0.3, 0.4) is 0 Å². The molecule has 0 saturated carbocycles. The summed E-state index contributed by atoms with van der Waals surface area (Å²) in [5.74, 6) is 0.688. The minimum Gasteiger partial charge on any atom is -0.265 e. The second-order valence-corrected chi connectivity index (χ2v) is 5.45. The number of unbranched alkanes of at least 4 members (excludes halogenated alkanes) is 7. The van der Waals surface area contributed by atoms with Crippen molar-refractivity contribution < 1.29 is 0 Å². The predicted molar refractivity (Wildman–Crippen MR) is 87.1 cm³/mol. The highest BCUT2D eigenvalue weighted by atomic mass is 35.5. The summed E-state index contributed by atoms with van der Waals surface area (Å²) in [4.78, 5) is 4.07. The van der Waals surface area contributed by atoms with Crippen molar-refractivity contribution in [2.45, 2.75) is 77.6 Å². The molecule has 1 unspecified atom stereocenters. The van der Waals surface area contributed by atoms with Crippen molar-refractivity contribution in [1.82, 2.24) is 4.98 Å².